The molecule has 0 aromatic carbocycles. The van der Waals surface area contributed by atoms with Crippen LogP contribution in [-0.2, 0) is 0 Å². The van der Waals surface area contributed by atoms with Crippen molar-refractivity contribution in [2.45, 2.75) is 13.3 Å². The molecule has 0 atom stereocenters. The standard InChI is InChI=1S/C18H16N4OS/c1-11-17(24-18(20-11)12-4-3-8-19-10-12)13-5-6-14-16(21-13)15(23)7-9-22(14)2/h3-6,8,10H,7,9H2,1-2H3. The first kappa shape index (κ1) is 15.0. The third-order valence-corrected chi connectivity index (χ3v) is 5.39. The van der Waals surface area contributed by atoms with Crippen LogP contribution in [0.4, 0.5) is 5.69 Å². The number of thiazole rings is 1. The molecule has 5 nitrogen and oxygen atoms in total. The van der Waals surface area contributed by atoms with Gasteiger partial charge in [-0.3, -0.25) is 9.78 Å². The van der Waals surface area contributed by atoms with Crippen LogP contribution in [0, 0.1) is 6.92 Å². The minimum atomic E-state index is 0.111. The number of Topliss-reactive ketones (excluding diaryl/α,β-unsaturated/α-hetero) is 1. The second kappa shape index (κ2) is 5.79. The zero-order valence-electron chi connectivity index (χ0n) is 13.5. The SMILES string of the molecule is Cc1nc(-c2cccnc2)sc1-c1ccc2c(n1)C(=O)CCN2C. The molecule has 6 heteroatoms. The first-order chi connectivity index (χ1) is 11.6. The zero-order chi connectivity index (χ0) is 16.7. The maximum Gasteiger partial charge on any atom is 0.185 e. The number of aryl methyl sites for hydroxylation is 1. The molecular formula is C18H16N4OS. The van der Waals surface area contributed by atoms with E-state index >= 15 is 0 Å². The summed E-state index contributed by atoms with van der Waals surface area (Å²) >= 11 is 1.58. The van der Waals surface area contributed by atoms with Crippen molar-refractivity contribution in [1.82, 2.24) is 15.0 Å². The van der Waals surface area contributed by atoms with E-state index in [1.807, 2.05) is 38.2 Å². The van der Waals surface area contributed by atoms with Crippen LogP contribution >= 0.6 is 11.3 Å². The fourth-order valence-corrected chi connectivity index (χ4v) is 3.87. The van der Waals surface area contributed by atoms with Gasteiger partial charge in [0.2, 0.25) is 0 Å². The molecule has 0 aliphatic carbocycles. The average Bonchev–Trinajstić information content (AvgIpc) is 3.01. The van der Waals surface area contributed by atoms with Crippen molar-refractivity contribution in [2.24, 2.45) is 0 Å². The highest BCUT2D eigenvalue weighted by Gasteiger charge is 2.23. The predicted molar refractivity (Wildman–Crippen MR) is 95.5 cm³/mol. The van der Waals surface area contributed by atoms with E-state index in [0.29, 0.717) is 12.1 Å². The van der Waals surface area contributed by atoms with Gasteiger partial charge in [0.05, 0.1) is 22.0 Å². The Morgan fingerprint density at radius 2 is 2.08 bits per heavy atom. The van der Waals surface area contributed by atoms with E-state index in [0.717, 1.165) is 39.1 Å². The lowest BCUT2D eigenvalue weighted by Crippen LogP contribution is -2.29. The minimum Gasteiger partial charge on any atom is -0.372 e. The summed E-state index contributed by atoms with van der Waals surface area (Å²) in [6.45, 7) is 2.72. The number of hydrogen-bond donors (Lipinski definition) is 0. The van der Waals surface area contributed by atoms with Crippen LogP contribution < -0.4 is 4.90 Å². The fourth-order valence-electron chi connectivity index (χ4n) is 2.85. The van der Waals surface area contributed by atoms with Crippen molar-refractivity contribution in [3.8, 4) is 21.1 Å². The van der Waals surface area contributed by atoms with E-state index in [4.69, 9.17) is 0 Å². The lowest BCUT2D eigenvalue weighted by molar-refractivity contribution is 0.0975. The van der Waals surface area contributed by atoms with Gasteiger partial charge < -0.3 is 4.90 Å². The first-order valence-corrected chi connectivity index (χ1v) is 8.58. The van der Waals surface area contributed by atoms with Gasteiger partial charge in [0.1, 0.15) is 10.7 Å². The van der Waals surface area contributed by atoms with Crippen LogP contribution in [0.2, 0.25) is 0 Å². The van der Waals surface area contributed by atoms with E-state index in [2.05, 4.69) is 19.9 Å². The Morgan fingerprint density at radius 1 is 1.21 bits per heavy atom. The Bertz CT molecular complexity index is 920. The van der Waals surface area contributed by atoms with Gasteiger partial charge in [-0.2, -0.15) is 0 Å². The number of ketones is 1. The molecule has 0 radical (unpaired) electrons. The number of fused-ring (bicyclic) bond motifs is 1. The molecule has 0 saturated heterocycles. The molecule has 0 unspecified atom stereocenters. The molecular weight excluding hydrogens is 320 g/mol. The van der Waals surface area contributed by atoms with E-state index in [1.54, 1.807) is 23.7 Å². The molecule has 24 heavy (non-hydrogen) atoms. The number of aromatic nitrogens is 3. The average molecular weight is 336 g/mol. The third kappa shape index (κ3) is 2.49. The van der Waals surface area contributed by atoms with Gasteiger partial charge in [0.15, 0.2) is 5.78 Å². The van der Waals surface area contributed by atoms with Gasteiger partial charge >= 0.3 is 0 Å². The lowest BCUT2D eigenvalue weighted by Gasteiger charge is -2.25. The molecule has 0 spiro atoms. The number of pyridine rings is 2. The monoisotopic (exact) mass is 336 g/mol. The Balaban J connectivity index is 1.79. The highest BCUT2D eigenvalue weighted by molar-refractivity contribution is 7.18. The molecule has 3 aromatic heterocycles. The Kier molecular flexibility index (Phi) is 3.61. The molecule has 0 fully saturated rings. The molecule has 4 rings (SSSR count). The summed E-state index contributed by atoms with van der Waals surface area (Å²) in [7, 11) is 1.99. The Morgan fingerprint density at radius 3 is 2.88 bits per heavy atom. The highest BCUT2D eigenvalue weighted by atomic mass is 32.1. The van der Waals surface area contributed by atoms with Crippen LogP contribution in [0.25, 0.3) is 21.1 Å². The van der Waals surface area contributed by atoms with Gasteiger partial charge in [-0.25, -0.2) is 9.97 Å². The molecule has 0 saturated carbocycles. The third-order valence-electron chi connectivity index (χ3n) is 4.16. The van der Waals surface area contributed by atoms with Crippen LogP contribution in [0.1, 0.15) is 22.6 Å². The number of hydrogen-bond acceptors (Lipinski definition) is 6. The van der Waals surface area contributed by atoms with Crippen molar-refractivity contribution >= 4 is 22.8 Å². The summed E-state index contributed by atoms with van der Waals surface area (Å²) < 4.78 is 0. The summed E-state index contributed by atoms with van der Waals surface area (Å²) in [4.78, 5) is 28.7. The quantitative estimate of drug-likeness (QED) is 0.715. The van der Waals surface area contributed by atoms with Gasteiger partial charge in [-0.05, 0) is 31.2 Å². The van der Waals surface area contributed by atoms with E-state index < -0.39 is 0 Å². The number of anilines is 1. The van der Waals surface area contributed by atoms with Crippen molar-refractivity contribution < 1.29 is 4.79 Å². The normalized spacial score (nSPS) is 13.9. The maximum absolute atomic E-state index is 12.2. The summed E-state index contributed by atoms with van der Waals surface area (Å²) in [5, 5.41) is 0.915. The van der Waals surface area contributed by atoms with E-state index in [9.17, 15) is 4.79 Å². The largest absolute Gasteiger partial charge is 0.372 e. The van der Waals surface area contributed by atoms with Gasteiger partial charge in [0, 0.05) is 38.0 Å². The molecule has 1 aliphatic heterocycles. The maximum atomic E-state index is 12.2. The lowest BCUT2D eigenvalue weighted by atomic mass is 10.1. The number of carbonyl (C=O) groups excluding carboxylic acids is 1. The van der Waals surface area contributed by atoms with Crippen molar-refractivity contribution in [2.75, 3.05) is 18.5 Å². The van der Waals surface area contributed by atoms with Crippen LogP contribution in [0.5, 0.6) is 0 Å². The smallest absolute Gasteiger partial charge is 0.185 e. The molecule has 0 bridgehead atoms. The molecule has 0 N–H and O–H groups in total. The van der Waals surface area contributed by atoms with E-state index in [1.165, 1.54) is 0 Å². The summed E-state index contributed by atoms with van der Waals surface area (Å²) in [6.07, 6.45) is 4.07. The second-order valence-corrected chi connectivity index (χ2v) is 6.83. The van der Waals surface area contributed by atoms with Gasteiger partial charge in [-0.15, -0.1) is 11.3 Å². The minimum absolute atomic E-state index is 0.111. The van der Waals surface area contributed by atoms with Crippen LogP contribution in [0.3, 0.4) is 0 Å². The second-order valence-electron chi connectivity index (χ2n) is 5.83. The van der Waals surface area contributed by atoms with E-state index in [-0.39, 0.29) is 5.78 Å². The van der Waals surface area contributed by atoms with Crippen molar-refractivity contribution in [1.29, 1.82) is 0 Å². The molecule has 4 heterocycles. The first-order valence-electron chi connectivity index (χ1n) is 7.77. The summed E-state index contributed by atoms with van der Waals surface area (Å²) in [6, 6.07) is 7.85. The number of carbonyl (C=O) groups is 1. The van der Waals surface area contributed by atoms with Crippen molar-refractivity contribution in [3.05, 3.63) is 48.0 Å². The van der Waals surface area contributed by atoms with Crippen LogP contribution in [0.15, 0.2) is 36.7 Å². The summed E-state index contributed by atoms with van der Waals surface area (Å²) in [5.41, 5.74) is 4.19. The fraction of sp³-hybridized carbons (Fsp3) is 0.222. The molecule has 1 aliphatic rings. The number of nitrogens with zero attached hydrogens (tertiary/aromatic N) is 4. The predicted octanol–water partition coefficient (Wildman–Crippen LogP) is 3.60. The molecule has 3 aromatic rings. The Labute approximate surface area is 144 Å². The molecule has 0 amide bonds. The highest BCUT2D eigenvalue weighted by Crippen LogP contribution is 2.36. The topological polar surface area (TPSA) is 59.0 Å². The Hall–Kier alpha value is -2.60. The van der Waals surface area contributed by atoms with Crippen molar-refractivity contribution in [3.63, 3.8) is 0 Å². The van der Waals surface area contributed by atoms with Crippen LogP contribution in [-0.4, -0.2) is 34.3 Å². The number of rotatable bonds is 2. The molecule has 120 valence electrons. The summed E-state index contributed by atoms with van der Waals surface area (Å²) in [5.74, 6) is 0.111. The van der Waals surface area contributed by atoms with Gasteiger partial charge in [-0.1, -0.05) is 0 Å². The van der Waals surface area contributed by atoms with Gasteiger partial charge in [0.25, 0.3) is 0 Å². The zero-order valence-corrected chi connectivity index (χ0v) is 14.3.